The molecule has 0 radical (unpaired) electrons. The summed E-state index contributed by atoms with van der Waals surface area (Å²) < 4.78 is 45.2. The summed E-state index contributed by atoms with van der Waals surface area (Å²) in [6, 6.07) is 13.5. The van der Waals surface area contributed by atoms with Crippen LogP contribution in [0.25, 0.3) is 0 Å². The summed E-state index contributed by atoms with van der Waals surface area (Å²) in [4.78, 5) is 12.8. The Kier molecular flexibility index (Phi) is 4.86. The van der Waals surface area contributed by atoms with E-state index in [0.717, 1.165) is 0 Å². The van der Waals surface area contributed by atoms with E-state index in [1.807, 2.05) is 0 Å². The van der Waals surface area contributed by atoms with E-state index in [4.69, 9.17) is 10.5 Å². The average Bonchev–Trinajstić information content (AvgIpc) is 3.34. The van der Waals surface area contributed by atoms with E-state index >= 15 is 0 Å². The van der Waals surface area contributed by atoms with Gasteiger partial charge in [-0.2, -0.15) is 0 Å². The van der Waals surface area contributed by atoms with Gasteiger partial charge in [-0.15, -0.1) is 0 Å². The number of hydrogen-bond donors (Lipinski definition) is 1. The zero-order valence-corrected chi connectivity index (χ0v) is 15.1. The van der Waals surface area contributed by atoms with E-state index in [-0.39, 0.29) is 18.0 Å². The molecule has 0 aliphatic heterocycles. The highest BCUT2D eigenvalue weighted by Crippen LogP contribution is 2.64. The molecule has 0 aromatic heterocycles. The predicted molar refractivity (Wildman–Crippen MR) is 94.7 cm³/mol. The van der Waals surface area contributed by atoms with Gasteiger partial charge in [0.25, 0.3) is 0 Å². The van der Waals surface area contributed by atoms with Crippen molar-refractivity contribution in [3.05, 3.63) is 66.0 Å². The Balaban J connectivity index is 2.13. The predicted octanol–water partition coefficient (Wildman–Crippen LogP) is 2.27. The molecule has 138 valence electrons. The fourth-order valence-electron chi connectivity index (χ4n) is 3.62. The fraction of sp³-hybridized carbons (Fsp3) is 0.316. The smallest absolute Gasteiger partial charge is 0.315 e. The van der Waals surface area contributed by atoms with Crippen molar-refractivity contribution in [2.75, 3.05) is 13.2 Å². The maximum absolute atomic E-state index is 13.7. The molecule has 1 aliphatic carbocycles. The van der Waals surface area contributed by atoms with Crippen molar-refractivity contribution in [2.45, 2.75) is 23.0 Å². The van der Waals surface area contributed by atoms with Crippen molar-refractivity contribution in [3.63, 3.8) is 0 Å². The van der Waals surface area contributed by atoms with Crippen LogP contribution < -0.4 is 5.73 Å². The van der Waals surface area contributed by atoms with Gasteiger partial charge in [-0.3, -0.25) is 4.79 Å². The van der Waals surface area contributed by atoms with Gasteiger partial charge in [0.15, 0.2) is 9.84 Å². The molecule has 3 rings (SSSR count). The number of esters is 1. The lowest BCUT2D eigenvalue weighted by molar-refractivity contribution is -0.149. The quantitative estimate of drug-likeness (QED) is 0.781. The molecule has 7 heteroatoms. The molecule has 1 saturated carbocycles. The highest BCUT2D eigenvalue weighted by molar-refractivity contribution is 7.92. The molecular weight excluding hydrogens is 357 g/mol. The molecule has 2 aromatic carbocycles. The van der Waals surface area contributed by atoms with Gasteiger partial charge in [-0.05, 0) is 36.8 Å². The van der Waals surface area contributed by atoms with Gasteiger partial charge in [0, 0.05) is 12.5 Å². The van der Waals surface area contributed by atoms with Crippen LogP contribution in [0.4, 0.5) is 4.39 Å². The van der Waals surface area contributed by atoms with Crippen LogP contribution in [-0.4, -0.2) is 32.8 Å². The summed E-state index contributed by atoms with van der Waals surface area (Å²) in [6.45, 7) is 1.54. The van der Waals surface area contributed by atoms with Gasteiger partial charge >= 0.3 is 5.97 Å². The molecule has 1 fully saturated rings. The summed E-state index contributed by atoms with van der Waals surface area (Å²) in [5.41, 5.74) is 4.88. The van der Waals surface area contributed by atoms with Crippen LogP contribution in [0.3, 0.4) is 0 Å². The van der Waals surface area contributed by atoms with Crippen LogP contribution in [0.2, 0.25) is 0 Å². The van der Waals surface area contributed by atoms with Crippen LogP contribution >= 0.6 is 0 Å². The van der Waals surface area contributed by atoms with Crippen LogP contribution in [0.15, 0.2) is 59.5 Å². The summed E-state index contributed by atoms with van der Waals surface area (Å²) in [6.07, 6.45) is 0. The first-order chi connectivity index (χ1) is 12.4. The largest absolute Gasteiger partial charge is 0.465 e. The molecule has 0 unspecified atom stereocenters. The topological polar surface area (TPSA) is 86.5 Å². The SMILES string of the molecule is CCOC(=O)[C@]1(CN)[C@H](c2cccc(F)c2)[C@@H]1S(=O)(=O)c1ccccc1. The molecule has 0 bridgehead atoms. The molecule has 26 heavy (non-hydrogen) atoms. The summed E-state index contributed by atoms with van der Waals surface area (Å²) in [7, 11) is -3.86. The Labute approximate surface area is 151 Å². The van der Waals surface area contributed by atoms with Gasteiger partial charge in [0.1, 0.15) is 11.2 Å². The minimum absolute atomic E-state index is 0.103. The van der Waals surface area contributed by atoms with E-state index in [0.29, 0.717) is 5.56 Å². The number of carbonyl (C=O) groups excluding carboxylic acids is 1. The standard InChI is InChI=1S/C19H20FNO4S/c1-2-25-18(22)19(12-21)16(13-7-6-8-14(20)11-13)17(19)26(23,24)15-9-4-3-5-10-15/h3-11,16-17H,2,12,21H2,1H3/t16-,17+,19-/m1/s1. The number of hydrogen-bond acceptors (Lipinski definition) is 5. The van der Waals surface area contributed by atoms with E-state index in [1.54, 1.807) is 31.2 Å². The molecule has 0 amide bonds. The van der Waals surface area contributed by atoms with Crippen molar-refractivity contribution in [3.8, 4) is 0 Å². The number of carbonyl (C=O) groups is 1. The minimum atomic E-state index is -3.86. The van der Waals surface area contributed by atoms with Crippen LogP contribution in [0.1, 0.15) is 18.4 Å². The molecule has 5 nitrogen and oxygen atoms in total. The highest BCUT2D eigenvalue weighted by atomic mass is 32.2. The van der Waals surface area contributed by atoms with Crippen LogP contribution in [-0.2, 0) is 19.4 Å². The number of rotatable bonds is 6. The number of ether oxygens (including phenoxy) is 1. The van der Waals surface area contributed by atoms with Crippen molar-refractivity contribution < 1.29 is 22.3 Å². The van der Waals surface area contributed by atoms with Gasteiger partial charge in [-0.1, -0.05) is 30.3 Å². The average molecular weight is 377 g/mol. The van der Waals surface area contributed by atoms with Gasteiger partial charge < -0.3 is 10.5 Å². The van der Waals surface area contributed by atoms with E-state index < -0.39 is 38.2 Å². The molecule has 1 aliphatic rings. The van der Waals surface area contributed by atoms with Crippen molar-refractivity contribution in [1.29, 1.82) is 0 Å². The molecule has 2 aromatic rings. The maximum atomic E-state index is 13.7. The zero-order valence-electron chi connectivity index (χ0n) is 14.3. The normalized spacial score (nSPS) is 24.9. The second-order valence-electron chi connectivity index (χ2n) is 6.28. The fourth-order valence-corrected chi connectivity index (χ4v) is 6.03. The number of halogens is 1. The third kappa shape index (κ3) is 2.81. The molecule has 0 spiro atoms. The van der Waals surface area contributed by atoms with Gasteiger partial charge in [0.2, 0.25) is 0 Å². The van der Waals surface area contributed by atoms with Crippen molar-refractivity contribution in [2.24, 2.45) is 11.1 Å². The molecule has 2 N–H and O–H groups in total. The van der Waals surface area contributed by atoms with E-state index in [1.165, 1.54) is 30.3 Å². The first kappa shape index (κ1) is 18.5. The lowest BCUT2D eigenvalue weighted by atomic mass is 9.99. The summed E-state index contributed by atoms with van der Waals surface area (Å²) >= 11 is 0. The monoisotopic (exact) mass is 377 g/mol. The Hall–Kier alpha value is -2.25. The maximum Gasteiger partial charge on any atom is 0.315 e. The van der Waals surface area contributed by atoms with Crippen LogP contribution in [0.5, 0.6) is 0 Å². The summed E-state index contributed by atoms with van der Waals surface area (Å²) in [5.74, 6) is -1.92. The Morgan fingerprint density at radius 2 is 1.88 bits per heavy atom. The Bertz CT molecular complexity index is 916. The second kappa shape index (κ2) is 6.81. The van der Waals surface area contributed by atoms with Gasteiger partial charge in [0.05, 0.1) is 16.8 Å². The number of sulfone groups is 1. The van der Waals surface area contributed by atoms with Crippen molar-refractivity contribution in [1.82, 2.24) is 0 Å². The molecular formula is C19H20FNO4S. The first-order valence-corrected chi connectivity index (χ1v) is 9.86. The highest BCUT2D eigenvalue weighted by Gasteiger charge is 2.75. The first-order valence-electron chi connectivity index (χ1n) is 8.31. The van der Waals surface area contributed by atoms with Crippen LogP contribution in [0, 0.1) is 11.2 Å². The minimum Gasteiger partial charge on any atom is -0.465 e. The lowest BCUT2D eigenvalue weighted by Crippen LogP contribution is -2.33. The van der Waals surface area contributed by atoms with Gasteiger partial charge in [-0.25, -0.2) is 12.8 Å². The van der Waals surface area contributed by atoms with Crippen molar-refractivity contribution >= 4 is 15.8 Å². The molecule has 3 atom stereocenters. The Morgan fingerprint density at radius 1 is 1.19 bits per heavy atom. The Morgan fingerprint density at radius 3 is 2.46 bits per heavy atom. The van der Waals surface area contributed by atoms with E-state index in [9.17, 15) is 17.6 Å². The molecule has 0 saturated heterocycles. The lowest BCUT2D eigenvalue weighted by Gasteiger charge is -2.14. The number of benzene rings is 2. The third-order valence-electron chi connectivity index (χ3n) is 4.86. The second-order valence-corrected chi connectivity index (χ2v) is 8.35. The number of nitrogens with two attached hydrogens (primary N) is 1. The molecule has 0 heterocycles. The summed E-state index contributed by atoms with van der Waals surface area (Å²) in [5, 5.41) is -1.09. The zero-order chi connectivity index (χ0) is 18.9. The third-order valence-corrected chi connectivity index (χ3v) is 7.15. The van der Waals surface area contributed by atoms with E-state index in [2.05, 4.69) is 0 Å².